The van der Waals surface area contributed by atoms with Gasteiger partial charge in [0, 0.05) is 6.54 Å². The van der Waals surface area contributed by atoms with Crippen LogP contribution >= 0.6 is 11.3 Å². The van der Waals surface area contributed by atoms with Gasteiger partial charge >= 0.3 is 12.2 Å². The molecule has 1 aromatic rings. The molecule has 0 aromatic carbocycles. The average Bonchev–Trinajstić information content (AvgIpc) is 2.75. The summed E-state index contributed by atoms with van der Waals surface area (Å²) in [5, 5.41) is 18.5. The van der Waals surface area contributed by atoms with Crippen molar-refractivity contribution in [2.75, 3.05) is 11.9 Å². The number of aliphatic hydroxyl groups excluding tert-OH is 1. The normalized spacial score (nSPS) is 13.1. The van der Waals surface area contributed by atoms with Crippen molar-refractivity contribution < 1.29 is 23.1 Å². The highest BCUT2D eigenvalue weighted by Gasteiger charge is 2.35. The maximum Gasteiger partial charge on any atom is 0.445 e. The fourth-order valence-electron chi connectivity index (χ4n) is 1.18. The number of carbonyl (C=O) groups is 1. The monoisotopic (exact) mass is 298 g/mol. The molecular weight excluding hydrogens is 285 g/mol. The molecule has 3 N–H and O–H groups in total. The Morgan fingerprint density at radius 1 is 1.47 bits per heavy atom. The number of hydrogen-bond acceptors (Lipinski definition) is 5. The first-order chi connectivity index (χ1) is 8.82. The van der Waals surface area contributed by atoms with Gasteiger partial charge in [0.1, 0.15) is 0 Å². The number of amides is 2. The molecule has 10 heteroatoms. The predicted octanol–water partition coefficient (Wildman–Crippen LogP) is 1.84. The molecule has 2 amide bonds. The number of halogens is 3. The van der Waals surface area contributed by atoms with Gasteiger partial charge < -0.3 is 10.4 Å². The zero-order valence-corrected chi connectivity index (χ0v) is 10.8. The molecule has 1 atom stereocenters. The van der Waals surface area contributed by atoms with Gasteiger partial charge in [-0.15, -0.1) is 10.2 Å². The van der Waals surface area contributed by atoms with E-state index in [4.69, 9.17) is 0 Å². The van der Waals surface area contributed by atoms with Crippen LogP contribution in [-0.4, -0.2) is 34.0 Å². The molecule has 0 bridgehead atoms. The van der Waals surface area contributed by atoms with Gasteiger partial charge in [0.25, 0.3) is 0 Å². The number of aliphatic hydroxyl groups is 1. The third-order valence-electron chi connectivity index (χ3n) is 2.01. The molecule has 1 rings (SSSR count). The second-order valence-corrected chi connectivity index (χ2v) is 4.67. The van der Waals surface area contributed by atoms with Crippen LogP contribution in [0.25, 0.3) is 0 Å². The van der Waals surface area contributed by atoms with Crippen LogP contribution in [-0.2, 0) is 6.18 Å². The maximum atomic E-state index is 12.2. The van der Waals surface area contributed by atoms with Crippen LogP contribution in [0.1, 0.15) is 24.8 Å². The summed E-state index contributed by atoms with van der Waals surface area (Å²) >= 11 is 0.231. The van der Waals surface area contributed by atoms with Crippen LogP contribution in [0, 0.1) is 0 Å². The highest BCUT2D eigenvalue weighted by Crippen LogP contribution is 2.32. The van der Waals surface area contributed by atoms with Gasteiger partial charge in [0.05, 0.1) is 6.10 Å². The Bertz CT molecular complexity index is 424. The summed E-state index contributed by atoms with van der Waals surface area (Å²) in [4.78, 5) is 11.3. The minimum atomic E-state index is -4.58. The lowest BCUT2D eigenvalue weighted by molar-refractivity contribution is -0.138. The Hall–Kier alpha value is -1.42. The minimum absolute atomic E-state index is 0.0185. The Morgan fingerprint density at radius 3 is 2.68 bits per heavy atom. The van der Waals surface area contributed by atoms with Crippen LogP contribution in [0.4, 0.5) is 23.1 Å². The molecule has 1 unspecified atom stereocenters. The fraction of sp³-hybridized carbons (Fsp3) is 0.667. The first-order valence-electron chi connectivity index (χ1n) is 5.46. The van der Waals surface area contributed by atoms with E-state index >= 15 is 0 Å². The van der Waals surface area contributed by atoms with E-state index in [2.05, 4.69) is 20.8 Å². The lowest BCUT2D eigenvalue weighted by Gasteiger charge is -2.10. The molecular formula is C9H13F3N4O2S. The number of hydrogen-bond donors (Lipinski definition) is 3. The predicted molar refractivity (Wildman–Crippen MR) is 62.8 cm³/mol. The van der Waals surface area contributed by atoms with Crippen molar-refractivity contribution in [3.05, 3.63) is 5.01 Å². The van der Waals surface area contributed by atoms with Crippen molar-refractivity contribution in [2.24, 2.45) is 0 Å². The van der Waals surface area contributed by atoms with Crippen molar-refractivity contribution in [3.63, 3.8) is 0 Å². The van der Waals surface area contributed by atoms with Gasteiger partial charge in [-0.2, -0.15) is 13.2 Å². The number of rotatable bonds is 5. The van der Waals surface area contributed by atoms with Gasteiger partial charge in [0.2, 0.25) is 10.1 Å². The van der Waals surface area contributed by atoms with Gasteiger partial charge in [-0.1, -0.05) is 24.7 Å². The summed E-state index contributed by atoms with van der Waals surface area (Å²) in [6.07, 6.45) is -3.98. The van der Waals surface area contributed by atoms with Crippen LogP contribution in [0.5, 0.6) is 0 Å². The standard InChI is InChI=1S/C9H13F3N4O2S/c1-2-3-5(17)4-13-7(18)14-8-16-15-6(19-8)9(10,11)12/h5,17H,2-4H2,1H3,(H2,13,14,16,18). The van der Waals surface area contributed by atoms with E-state index in [9.17, 15) is 23.1 Å². The Labute approximate surface area is 111 Å². The summed E-state index contributed by atoms with van der Waals surface area (Å²) in [7, 11) is 0. The highest BCUT2D eigenvalue weighted by atomic mass is 32.1. The van der Waals surface area contributed by atoms with Gasteiger partial charge in [0.15, 0.2) is 0 Å². The summed E-state index contributed by atoms with van der Waals surface area (Å²) in [6, 6.07) is -0.736. The number of carbonyl (C=O) groups excluding carboxylic acids is 1. The van der Waals surface area contributed by atoms with Gasteiger partial charge in [-0.25, -0.2) is 4.79 Å². The number of nitrogens with zero attached hydrogens (tertiary/aromatic N) is 2. The molecule has 0 aliphatic carbocycles. The fourth-order valence-corrected chi connectivity index (χ4v) is 1.78. The molecule has 0 fully saturated rings. The van der Waals surface area contributed by atoms with E-state index < -0.39 is 23.3 Å². The van der Waals surface area contributed by atoms with Crippen molar-refractivity contribution >= 4 is 22.5 Å². The van der Waals surface area contributed by atoms with Crippen LogP contribution in [0.3, 0.4) is 0 Å². The van der Waals surface area contributed by atoms with E-state index in [0.29, 0.717) is 6.42 Å². The number of urea groups is 1. The third kappa shape index (κ3) is 5.39. The van der Waals surface area contributed by atoms with Crippen LogP contribution < -0.4 is 10.6 Å². The number of nitrogens with one attached hydrogen (secondary N) is 2. The van der Waals surface area contributed by atoms with E-state index in [1.165, 1.54) is 0 Å². The topological polar surface area (TPSA) is 87.1 Å². The average molecular weight is 298 g/mol. The van der Waals surface area contributed by atoms with Gasteiger partial charge in [-0.05, 0) is 6.42 Å². The molecule has 108 valence electrons. The second-order valence-electron chi connectivity index (χ2n) is 3.69. The zero-order valence-electron chi connectivity index (χ0n) is 9.99. The summed E-state index contributed by atoms with van der Waals surface area (Å²) in [5.41, 5.74) is 0. The quantitative estimate of drug-likeness (QED) is 0.774. The van der Waals surface area contributed by atoms with Crippen molar-refractivity contribution in [2.45, 2.75) is 32.0 Å². The van der Waals surface area contributed by atoms with Crippen LogP contribution in [0.2, 0.25) is 0 Å². The minimum Gasteiger partial charge on any atom is -0.391 e. The lowest BCUT2D eigenvalue weighted by Crippen LogP contribution is -2.35. The Balaban J connectivity index is 2.42. The summed E-state index contributed by atoms with van der Waals surface area (Å²) in [6.45, 7) is 1.90. The molecule has 0 saturated heterocycles. The molecule has 0 saturated carbocycles. The van der Waals surface area contributed by atoms with E-state index in [0.717, 1.165) is 6.42 Å². The van der Waals surface area contributed by atoms with Crippen molar-refractivity contribution in [1.29, 1.82) is 0 Å². The van der Waals surface area contributed by atoms with Crippen molar-refractivity contribution in [1.82, 2.24) is 15.5 Å². The van der Waals surface area contributed by atoms with Crippen LogP contribution in [0.15, 0.2) is 0 Å². The number of alkyl halides is 3. The smallest absolute Gasteiger partial charge is 0.391 e. The molecule has 19 heavy (non-hydrogen) atoms. The highest BCUT2D eigenvalue weighted by molar-refractivity contribution is 7.15. The van der Waals surface area contributed by atoms with Gasteiger partial charge in [-0.3, -0.25) is 5.32 Å². The van der Waals surface area contributed by atoms with E-state index in [1.807, 2.05) is 6.92 Å². The van der Waals surface area contributed by atoms with Crippen molar-refractivity contribution in [3.8, 4) is 0 Å². The number of anilines is 1. The lowest BCUT2D eigenvalue weighted by atomic mass is 10.2. The summed E-state index contributed by atoms with van der Waals surface area (Å²) < 4.78 is 36.7. The molecule has 0 aliphatic heterocycles. The molecule has 0 aliphatic rings. The second kappa shape index (κ2) is 6.66. The van der Waals surface area contributed by atoms with E-state index in [-0.39, 0.29) is 23.0 Å². The molecule has 0 radical (unpaired) electrons. The molecule has 6 nitrogen and oxygen atoms in total. The first kappa shape index (κ1) is 15.6. The largest absolute Gasteiger partial charge is 0.445 e. The Kier molecular flexibility index (Phi) is 5.48. The Morgan fingerprint density at radius 2 is 2.16 bits per heavy atom. The third-order valence-corrected chi connectivity index (χ3v) is 2.89. The molecule has 0 spiro atoms. The molecule has 1 heterocycles. The SMILES string of the molecule is CCCC(O)CNC(=O)Nc1nnc(C(F)(F)F)s1. The first-order valence-corrected chi connectivity index (χ1v) is 6.28. The zero-order chi connectivity index (χ0) is 14.5. The summed E-state index contributed by atoms with van der Waals surface area (Å²) in [5.74, 6) is 0. The maximum absolute atomic E-state index is 12.2. The van der Waals surface area contributed by atoms with E-state index in [1.54, 1.807) is 0 Å². The number of aromatic nitrogens is 2. The molecule has 1 aromatic heterocycles.